The molecule has 1 aromatic heterocycles. The van der Waals surface area contributed by atoms with Crippen LogP contribution in [0.1, 0.15) is 43.2 Å². The fourth-order valence-electron chi connectivity index (χ4n) is 4.80. The van der Waals surface area contributed by atoms with E-state index >= 15 is 0 Å². The number of aromatic nitrogens is 1. The molecule has 6 heteroatoms. The summed E-state index contributed by atoms with van der Waals surface area (Å²) in [4.78, 5) is 6.76. The summed E-state index contributed by atoms with van der Waals surface area (Å²) in [5.74, 6) is 2.05. The molecule has 5 rings (SSSR count). The van der Waals surface area contributed by atoms with E-state index < -0.39 is 11.9 Å². The molecule has 0 bridgehead atoms. The number of halogens is 1. The lowest BCUT2D eigenvalue weighted by Gasteiger charge is -2.30. The van der Waals surface area contributed by atoms with E-state index in [9.17, 15) is 9.50 Å². The summed E-state index contributed by atoms with van der Waals surface area (Å²) in [7, 11) is 0. The summed E-state index contributed by atoms with van der Waals surface area (Å²) in [6.45, 7) is 8.15. The summed E-state index contributed by atoms with van der Waals surface area (Å²) >= 11 is 0. The van der Waals surface area contributed by atoms with E-state index in [1.807, 2.05) is 31.2 Å². The molecular weight excluding hydrogens is 431 g/mol. The number of hydrogen-bond acceptors (Lipinski definition) is 5. The Balaban J connectivity index is 1.39. The molecule has 1 fully saturated rings. The first-order chi connectivity index (χ1) is 16.5. The number of rotatable bonds is 6. The van der Waals surface area contributed by atoms with Crippen molar-refractivity contribution >= 4 is 11.1 Å². The van der Waals surface area contributed by atoms with Crippen molar-refractivity contribution in [1.82, 2.24) is 9.88 Å². The average molecular weight is 461 g/mol. The summed E-state index contributed by atoms with van der Waals surface area (Å²) in [6, 6.07) is 16.0. The number of pyridine rings is 1. The van der Waals surface area contributed by atoms with Crippen LogP contribution in [0, 0.1) is 11.7 Å². The maximum absolute atomic E-state index is 13.6. The molecule has 2 aliphatic heterocycles. The van der Waals surface area contributed by atoms with E-state index in [0.29, 0.717) is 18.1 Å². The van der Waals surface area contributed by atoms with Gasteiger partial charge in [0.2, 0.25) is 0 Å². The summed E-state index contributed by atoms with van der Waals surface area (Å²) in [5.41, 5.74) is 4.16. The highest BCUT2D eigenvalue weighted by Crippen LogP contribution is 2.47. The summed E-state index contributed by atoms with van der Waals surface area (Å²) in [5, 5.41) is 10.0. The second-order valence-corrected chi connectivity index (χ2v) is 9.19. The van der Waals surface area contributed by atoms with Gasteiger partial charge in [0, 0.05) is 24.2 Å². The minimum Gasteiger partial charge on any atom is -0.508 e. The van der Waals surface area contributed by atoms with Crippen LogP contribution in [0.3, 0.4) is 0 Å². The normalized spacial score (nSPS) is 20.2. The number of likely N-dealkylation sites (tertiary alicyclic amines) is 1. The predicted octanol–water partition coefficient (Wildman–Crippen LogP) is 5.71. The molecule has 2 aromatic carbocycles. The van der Waals surface area contributed by atoms with Crippen molar-refractivity contribution in [1.29, 1.82) is 0 Å². The van der Waals surface area contributed by atoms with Crippen LogP contribution in [-0.2, 0) is 0 Å². The first-order valence-electron chi connectivity index (χ1n) is 11.8. The molecule has 1 unspecified atom stereocenters. The van der Waals surface area contributed by atoms with Gasteiger partial charge >= 0.3 is 0 Å². The zero-order valence-electron chi connectivity index (χ0n) is 19.5. The molecule has 0 spiro atoms. The molecule has 0 radical (unpaired) electrons. The SMILES string of the molecule is CC1=C(c2ccc(F)cn2)C(c2ccc(OCCN3CC[C@@H](C)C3)cc2)Oc2ccc(O)cc21. The molecule has 3 aromatic rings. The van der Waals surface area contributed by atoms with Crippen molar-refractivity contribution in [3.8, 4) is 17.2 Å². The lowest BCUT2D eigenvalue weighted by atomic mass is 9.88. The quantitative estimate of drug-likeness (QED) is 0.511. The van der Waals surface area contributed by atoms with Crippen molar-refractivity contribution in [2.24, 2.45) is 5.92 Å². The number of hydrogen-bond donors (Lipinski definition) is 1. The second kappa shape index (κ2) is 9.47. The van der Waals surface area contributed by atoms with Gasteiger partial charge in [-0.1, -0.05) is 19.1 Å². The van der Waals surface area contributed by atoms with Gasteiger partial charge in [-0.25, -0.2) is 4.39 Å². The smallest absolute Gasteiger partial charge is 0.151 e. The lowest BCUT2D eigenvalue weighted by molar-refractivity contribution is 0.233. The van der Waals surface area contributed by atoms with Crippen LogP contribution < -0.4 is 9.47 Å². The Morgan fingerprint density at radius 3 is 2.68 bits per heavy atom. The summed E-state index contributed by atoms with van der Waals surface area (Å²) in [6.07, 6.45) is 2.05. The Bertz CT molecular complexity index is 1190. The fourth-order valence-corrected chi connectivity index (χ4v) is 4.80. The Labute approximate surface area is 199 Å². The van der Waals surface area contributed by atoms with Gasteiger partial charge < -0.3 is 14.6 Å². The highest BCUT2D eigenvalue weighted by Gasteiger charge is 2.30. The van der Waals surface area contributed by atoms with Crippen molar-refractivity contribution in [2.75, 3.05) is 26.2 Å². The van der Waals surface area contributed by atoms with Crippen LogP contribution in [-0.4, -0.2) is 41.2 Å². The molecular formula is C28H29FN2O3. The minimum atomic E-state index is -0.421. The molecule has 176 valence electrons. The van der Waals surface area contributed by atoms with Gasteiger partial charge in [-0.15, -0.1) is 0 Å². The Kier molecular flexibility index (Phi) is 6.24. The number of phenols is 1. The molecule has 2 atom stereocenters. The number of aromatic hydroxyl groups is 1. The van der Waals surface area contributed by atoms with Gasteiger partial charge in [-0.3, -0.25) is 9.88 Å². The third-order valence-electron chi connectivity index (χ3n) is 6.65. The van der Waals surface area contributed by atoms with Crippen molar-refractivity contribution < 1.29 is 19.0 Å². The molecule has 0 amide bonds. The van der Waals surface area contributed by atoms with Crippen molar-refractivity contribution in [3.63, 3.8) is 0 Å². The topological polar surface area (TPSA) is 54.8 Å². The zero-order chi connectivity index (χ0) is 23.7. The van der Waals surface area contributed by atoms with Crippen LogP contribution in [0.4, 0.5) is 4.39 Å². The van der Waals surface area contributed by atoms with Gasteiger partial charge in [0.15, 0.2) is 6.10 Å². The van der Waals surface area contributed by atoms with E-state index in [4.69, 9.17) is 9.47 Å². The third kappa shape index (κ3) is 4.64. The average Bonchev–Trinajstić information content (AvgIpc) is 3.25. The fraction of sp³-hybridized carbons (Fsp3) is 0.321. The molecule has 2 aliphatic rings. The van der Waals surface area contributed by atoms with Gasteiger partial charge in [-0.05, 0) is 79.4 Å². The van der Waals surface area contributed by atoms with Gasteiger partial charge in [0.05, 0.1) is 11.9 Å². The van der Waals surface area contributed by atoms with Crippen LogP contribution in [0.15, 0.2) is 60.8 Å². The lowest BCUT2D eigenvalue weighted by Crippen LogP contribution is -2.25. The number of phenolic OH excluding ortho intramolecular Hbond substituents is 1. The first-order valence-corrected chi connectivity index (χ1v) is 11.8. The van der Waals surface area contributed by atoms with Crippen LogP contribution in [0.2, 0.25) is 0 Å². The Morgan fingerprint density at radius 1 is 1.15 bits per heavy atom. The standard InChI is InChI=1S/C28H29FN2O3/c1-18-11-12-31(17-18)13-14-33-23-7-3-20(4-8-23)28-27(25-9-5-21(29)16-30-25)19(2)24-15-22(32)6-10-26(24)34-28/h3-10,15-16,18,28,32H,11-14,17H2,1-2H3/t18-,28?/m1/s1. The highest BCUT2D eigenvalue weighted by molar-refractivity contribution is 5.94. The molecule has 0 aliphatic carbocycles. The maximum atomic E-state index is 13.6. The molecule has 5 nitrogen and oxygen atoms in total. The van der Waals surface area contributed by atoms with E-state index in [2.05, 4.69) is 16.8 Å². The molecule has 3 heterocycles. The first kappa shape index (κ1) is 22.4. The van der Waals surface area contributed by atoms with Crippen molar-refractivity contribution in [2.45, 2.75) is 26.4 Å². The molecule has 34 heavy (non-hydrogen) atoms. The maximum Gasteiger partial charge on any atom is 0.151 e. The summed E-state index contributed by atoms with van der Waals surface area (Å²) < 4.78 is 25.9. The van der Waals surface area contributed by atoms with E-state index in [1.54, 1.807) is 24.3 Å². The van der Waals surface area contributed by atoms with Gasteiger partial charge in [0.1, 0.15) is 29.7 Å². The van der Waals surface area contributed by atoms with Crippen LogP contribution >= 0.6 is 0 Å². The molecule has 1 N–H and O–H groups in total. The van der Waals surface area contributed by atoms with Gasteiger partial charge in [0.25, 0.3) is 0 Å². The Morgan fingerprint density at radius 2 is 1.97 bits per heavy atom. The monoisotopic (exact) mass is 460 g/mol. The number of allylic oxidation sites excluding steroid dienone is 1. The van der Waals surface area contributed by atoms with Crippen LogP contribution in [0.5, 0.6) is 17.2 Å². The third-order valence-corrected chi connectivity index (χ3v) is 6.65. The largest absolute Gasteiger partial charge is 0.508 e. The van der Waals surface area contributed by atoms with E-state index in [1.165, 1.54) is 18.7 Å². The van der Waals surface area contributed by atoms with E-state index in [-0.39, 0.29) is 5.75 Å². The number of benzene rings is 2. The highest BCUT2D eigenvalue weighted by atomic mass is 19.1. The van der Waals surface area contributed by atoms with E-state index in [0.717, 1.165) is 53.6 Å². The van der Waals surface area contributed by atoms with Crippen molar-refractivity contribution in [3.05, 3.63) is 83.4 Å². The number of ether oxygens (including phenoxy) is 2. The Hall–Kier alpha value is -3.38. The second-order valence-electron chi connectivity index (χ2n) is 9.19. The zero-order valence-corrected chi connectivity index (χ0v) is 19.5. The van der Waals surface area contributed by atoms with Gasteiger partial charge in [-0.2, -0.15) is 0 Å². The minimum absolute atomic E-state index is 0.163. The molecule has 1 saturated heterocycles. The van der Waals surface area contributed by atoms with Crippen LogP contribution in [0.25, 0.3) is 11.1 Å². The number of nitrogens with zero attached hydrogens (tertiary/aromatic N) is 2. The predicted molar refractivity (Wildman–Crippen MR) is 130 cm³/mol. The number of fused-ring (bicyclic) bond motifs is 1. The molecule has 0 saturated carbocycles.